The van der Waals surface area contributed by atoms with E-state index in [1.807, 2.05) is 60.7 Å². The molecule has 2 aromatic carbocycles. The molecule has 5 rings (SSSR count). The van der Waals surface area contributed by atoms with Crippen LogP contribution in [0, 0.1) is 0 Å². The summed E-state index contributed by atoms with van der Waals surface area (Å²) in [5, 5.41) is 7.73. The lowest BCUT2D eigenvalue weighted by molar-refractivity contribution is -0.116. The quantitative estimate of drug-likeness (QED) is 0.570. The van der Waals surface area contributed by atoms with Gasteiger partial charge in [-0.15, -0.1) is 0 Å². The molecule has 0 fully saturated rings. The number of hydrogen-bond donors (Lipinski definition) is 2. The van der Waals surface area contributed by atoms with Crippen LogP contribution in [-0.2, 0) is 4.79 Å². The summed E-state index contributed by atoms with van der Waals surface area (Å²) in [5.41, 5.74) is 4.76. The van der Waals surface area contributed by atoms with Crippen LogP contribution < -0.4 is 10.6 Å². The minimum atomic E-state index is -0.306. The van der Waals surface area contributed by atoms with Crippen molar-refractivity contribution in [3.05, 3.63) is 94.5 Å². The number of carbonyl (C=O) groups is 1. The van der Waals surface area contributed by atoms with E-state index in [9.17, 15) is 4.79 Å². The molecule has 0 amide bonds. The van der Waals surface area contributed by atoms with Crippen LogP contribution in [0.15, 0.2) is 82.6 Å². The summed E-state index contributed by atoms with van der Waals surface area (Å²) in [6.07, 6.45) is 2.87. The van der Waals surface area contributed by atoms with Crippen molar-refractivity contribution < 1.29 is 9.21 Å². The van der Waals surface area contributed by atoms with Gasteiger partial charge in [0.1, 0.15) is 11.8 Å². The van der Waals surface area contributed by atoms with Crippen molar-refractivity contribution in [2.45, 2.75) is 24.8 Å². The first-order chi connectivity index (χ1) is 13.7. The fourth-order valence-corrected chi connectivity index (χ4v) is 4.26. The number of ketones is 1. The average molecular weight is 391 g/mol. The smallest absolute Gasteiger partial charge is 0.163 e. The van der Waals surface area contributed by atoms with Gasteiger partial charge in [-0.25, -0.2) is 0 Å². The first-order valence-corrected chi connectivity index (χ1v) is 9.74. The highest BCUT2D eigenvalue weighted by atomic mass is 35.5. The summed E-state index contributed by atoms with van der Waals surface area (Å²) in [7, 11) is 0. The number of halogens is 1. The first kappa shape index (κ1) is 17.1. The molecular weight excluding hydrogens is 372 g/mol. The molecule has 1 aliphatic carbocycles. The molecule has 2 aliphatic rings. The Balaban J connectivity index is 1.59. The Labute approximate surface area is 168 Å². The lowest BCUT2D eigenvalue weighted by Gasteiger charge is -2.29. The van der Waals surface area contributed by atoms with Gasteiger partial charge in [-0.3, -0.25) is 4.79 Å². The maximum atomic E-state index is 13.3. The number of fused-ring (bicyclic) bond motifs is 1. The number of furan rings is 1. The number of hydrogen-bond acceptors (Lipinski definition) is 4. The third kappa shape index (κ3) is 3.00. The van der Waals surface area contributed by atoms with Crippen molar-refractivity contribution in [1.82, 2.24) is 0 Å². The van der Waals surface area contributed by atoms with Crippen LogP contribution in [0.3, 0.4) is 0 Å². The zero-order valence-electron chi connectivity index (χ0n) is 15.1. The van der Waals surface area contributed by atoms with E-state index in [1.165, 1.54) is 0 Å². The fraction of sp³-hybridized carbons (Fsp3) is 0.174. The van der Waals surface area contributed by atoms with Crippen molar-refractivity contribution in [2.24, 2.45) is 0 Å². The molecule has 140 valence electrons. The molecule has 0 bridgehead atoms. The summed E-state index contributed by atoms with van der Waals surface area (Å²) in [6.45, 7) is 0. The van der Waals surface area contributed by atoms with Gasteiger partial charge in [0.2, 0.25) is 0 Å². The van der Waals surface area contributed by atoms with E-state index >= 15 is 0 Å². The lowest BCUT2D eigenvalue weighted by atomic mass is 9.79. The van der Waals surface area contributed by atoms with Crippen LogP contribution in [0.1, 0.15) is 36.1 Å². The number of rotatable bonds is 2. The van der Waals surface area contributed by atoms with Gasteiger partial charge < -0.3 is 15.1 Å². The molecular formula is C23H19ClN2O2. The Morgan fingerprint density at radius 3 is 2.46 bits per heavy atom. The summed E-state index contributed by atoms with van der Waals surface area (Å²) in [6, 6.07) is 19.3. The predicted octanol–water partition coefficient (Wildman–Crippen LogP) is 5.91. The Kier molecular flexibility index (Phi) is 4.21. The minimum absolute atomic E-state index is 0.124. The molecule has 1 aliphatic heterocycles. The lowest BCUT2D eigenvalue weighted by Crippen LogP contribution is -2.26. The summed E-state index contributed by atoms with van der Waals surface area (Å²) < 4.78 is 5.67. The number of anilines is 2. The maximum Gasteiger partial charge on any atom is 0.163 e. The third-order valence-corrected chi connectivity index (χ3v) is 5.73. The minimum Gasteiger partial charge on any atom is -0.467 e. The molecule has 0 spiro atoms. The van der Waals surface area contributed by atoms with Crippen LogP contribution in [0.5, 0.6) is 0 Å². The van der Waals surface area contributed by atoms with E-state index in [2.05, 4.69) is 10.6 Å². The Hall–Kier alpha value is -2.98. The molecule has 28 heavy (non-hydrogen) atoms. The van der Waals surface area contributed by atoms with E-state index in [-0.39, 0.29) is 17.7 Å². The highest BCUT2D eigenvalue weighted by Gasteiger charge is 2.37. The van der Waals surface area contributed by atoms with Crippen LogP contribution >= 0.6 is 11.6 Å². The largest absolute Gasteiger partial charge is 0.467 e. The summed E-state index contributed by atoms with van der Waals surface area (Å²) in [5.74, 6) is 0.998. The Bertz CT molecular complexity index is 1050. The van der Waals surface area contributed by atoms with Crippen LogP contribution in [0.2, 0.25) is 5.02 Å². The highest BCUT2D eigenvalue weighted by Crippen LogP contribution is 2.44. The van der Waals surface area contributed by atoms with Crippen molar-refractivity contribution in [1.29, 1.82) is 0 Å². The second-order valence-electron chi connectivity index (χ2n) is 7.24. The van der Waals surface area contributed by atoms with E-state index in [0.717, 1.165) is 40.4 Å². The molecule has 3 aromatic rings. The van der Waals surface area contributed by atoms with Gasteiger partial charge in [0.25, 0.3) is 0 Å². The fourth-order valence-electron chi connectivity index (χ4n) is 4.13. The van der Waals surface area contributed by atoms with Crippen LogP contribution in [0.4, 0.5) is 11.4 Å². The molecule has 5 heteroatoms. The molecule has 2 heterocycles. The highest BCUT2D eigenvalue weighted by molar-refractivity contribution is 6.30. The maximum absolute atomic E-state index is 13.3. The van der Waals surface area contributed by atoms with Crippen molar-refractivity contribution in [3.8, 4) is 0 Å². The van der Waals surface area contributed by atoms with Gasteiger partial charge in [-0.2, -0.15) is 0 Å². The number of carbonyl (C=O) groups excluding carboxylic acids is 1. The molecule has 0 saturated heterocycles. The van der Waals surface area contributed by atoms with Gasteiger partial charge in [0.05, 0.1) is 17.6 Å². The molecule has 4 nitrogen and oxygen atoms in total. The Morgan fingerprint density at radius 2 is 1.71 bits per heavy atom. The first-order valence-electron chi connectivity index (χ1n) is 9.37. The van der Waals surface area contributed by atoms with Crippen molar-refractivity contribution in [2.75, 3.05) is 10.6 Å². The van der Waals surface area contributed by atoms with Crippen molar-refractivity contribution >= 4 is 28.8 Å². The molecule has 1 aromatic heterocycles. The number of allylic oxidation sites excluding steroid dienone is 1. The topological polar surface area (TPSA) is 54.3 Å². The average Bonchev–Trinajstić information content (AvgIpc) is 3.17. The van der Waals surface area contributed by atoms with Crippen LogP contribution in [-0.4, -0.2) is 5.78 Å². The van der Waals surface area contributed by atoms with E-state index in [4.69, 9.17) is 16.0 Å². The monoisotopic (exact) mass is 390 g/mol. The van der Waals surface area contributed by atoms with Gasteiger partial charge >= 0.3 is 0 Å². The second-order valence-corrected chi connectivity index (χ2v) is 7.67. The van der Waals surface area contributed by atoms with Gasteiger partial charge in [0, 0.05) is 22.7 Å². The number of Topliss-reactive ketones (excluding diaryl/α,β-unsaturated/α-hetero) is 1. The predicted molar refractivity (Wildman–Crippen MR) is 111 cm³/mol. The zero-order chi connectivity index (χ0) is 19.1. The zero-order valence-corrected chi connectivity index (χ0v) is 15.9. The van der Waals surface area contributed by atoms with Gasteiger partial charge in [0.15, 0.2) is 5.78 Å². The van der Waals surface area contributed by atoms with Crippen LogP contribution in [0.25, 0.3) is 0 Å². The van der Waals surface area contributed by atoms with E-state index in [0.29, 0.717) is 11.4 Å². The Morgan fingerprint density at radius 1 is 0.929 bits per heavy atom. The molecule has 0 radical (unpaired) electrons. The number of nitrogens with one attached hydrogen (secondary N) is 2. The normalized spacial score (nSPS) is 21.2. The molecule has 2 N–H and O–H groups in total. The standard InChI is InChI=1S/C23H19ClN2O2/c24-16-9-7-14(8-10-16)15-12-19-22(20(27)13-15)23(21-6-3-11-28-21)26-18-5-2-1-4-17(18)25-19/h1-11,15,23,25-26H,12-13H2/t15-,23-/m0/s1. The van der Waals surface area contributed by atoms with Crippen molar-refractivity contribution in [3.63, 3.8) is 0 Å². The number of para-hydroxylation sites is 2. The summed E-state index contributed by atoms with van der Waals surface area (Å²) >= 11 is 6.04. The summed E-state index contributed by atoms with van der Waals surface area (Å²) in [4.78, 5) is 13.3. The van der Waals surface area contributed by atoms with Gasteiger partial charge in [-0.05, 0) is 54.3 Å². The SMILES string of the molecule is O=C1C[C@@H](c2ccc(Cl)cc2)CC2=C1[C@H](c1ccco1)Nc1ccccc1N2. The van der Waals surface area contributed by atoms with E-state index in [1.54, 1.807) is 6.26 Å². The number of benzene rings is 2. The molecule has 2 atom stereocenters. The van der Waals surface area contributed by atoms with Gasteiger partial charge in [-0.1, -0.05) is 35.9 Å². The third-order valence-electron chi connectivity index (χ3n) is 5.48. The molecule has 0 unspecified atom stereocenters. The second kappa shape index (κ2) is 6.88. The molecule has 0 saturated carbocycles. The van der Waals surface area contributed by atoms with E-state index < -0.39 is 0 Å².